The second kappa shape index (κ2) is 9.09. The number of rotatable bonds is 9. The summed E-state index contributed by atoms with van der Waals surface area (Å²) in [5.41, 5.74) is 1.42. The average molecular weight is 233 g/mol. The first-order valence-electron chi connectivity index (χ1n) is 6.87. The van der Waals surface area contributed by atoms with E-state index in [-0.39, 0.29) is 0 Å². The molecule has 1 radical (unpaired) electrons. The first-order valence-corrected chi connectivity index (χ1v) is 6.87. The zero-order valence-electron chi connectivity index (χ0n) is 11.1. The van der Waals surface area contributed by atoms with Gasteiger partial charge in [0.25, 0.3) is 0 Å². The van der Waals surface area contributed by atoms with Crippen LogP contribution in [0.4, 0.5) is 0 Å². The van der Waals surface area contributed by atoms with E-state index < -0.39 is 0 Å². The molecule has 0 N–H and O–H groups in total. The zero-order chi connectivity index (χ0) is 12.3. The second-order valence-corrected chi connectivity index (χ2v) is 4.51. The standard InChI is InChI=1S/C16H25O/c1-3-5-7-8-9-15-10-12-16(13-11-15)17-14-6-4-2/h10-13H,2-9,14H2,1H3. The molecular formula is C16H25O. The van der Waals surface area contributed by atoms with Crippen LogP contribution in [0.15, 0.2) is 24.3 Å². The van der Waals surface area contributed by atoms with Gasteiger partial charge in [-0.1, -0.05) is 51.7 Å². The number of unbranched alkanes of at least 4 members (excludes halogenated alkanes) is 4. The van der Waals surface area contributed by atoms with E-state index in [1.807, 2.05) is 0 Å². The number of ether oxygens (including phenoxy) is 1. The zero-order valence-corrected chi connectivity index (χ0v) is 11.1. The lowest BCUT2D eigenvalue weighted by Crippen LogP contribution is -1.96. The molecular weight excluding hydrogens is 208 g/mol. The molecule has 1 aromatic rings. The Labute approximate surface area is 106 Å². The third-order valence-electron chi connectivity index (χ3n) is 2.91. The van der Waals surface area contributed by atoms with Crippen molar-refractivity contribution in [1.82, 2.24) is 0 Å². The fourth-order valence-electron chi connectivity index (χ4n) is 1.80. The third kappa shape index (κ3) is 6.35. The van der Waals surface area contributed by atoms with Crippen molar-refractivity contribution in [2.24, 2.45) is 0 Å². The molecule has 1 aromatic carbocycles. The Hall–Kier alpha value is -0.980. The lowest BCUT2D eigenvalue weighted by molar-refractivity contribution is 0.312. The molecule has 0 amide bonds. The van der Waals surface area contributed by atoms with E-state index in [0.29, 0.717) is 0 Å². The topological polar surface area (TPSA) is 9.23 Å². The van der Waals surface area contributed by atoms with Crippen LogP contribution in [0, 0.1) is 6.92 Å². The highest BCUT2D eigenvalue weighted by molar-refractivity contribution is 5.27. The molecule has 1 heteroatoms. The minimum absolute atomic E-state index is 0.777. The summed E-state index contributed by atoms with van der Waals surface area (Å²) in [5.74, 6) is 0.982. The first kappa shape index (κ1) is 14.1. The highest BCUT2D eigenvalue weighted by Crippen LogP contribution is 2.14. The molecule has 0 aliphatic heterocycles. The summed E-state index contributed by atoms with van der Waals surface area (Å²) in [4.78, 5) is 0. The van der Waals surface area contributed by atoms with Crippen molar-refractivity contribution >= 4 is 0 Å². The quantitative estimate of drug-likeness (QED) is 0.556. The molecule has 0 saturated carbocycles. The number of benzene rings is 1. The number of hydrogen-bond donors (Lipinski definition) is 0. The molecule has 0 aromatic heterocycles. The summed E-state index contributed by atoms with van der Waals surface area (Å²) in [6.45, 7) is 6.82. The van der Waals surface area contributed by atoms with E-state index in [2.05, 4.69) is 38.1 Å². The largest absolute Gasteiger partial charge is 0.494 e. The van der Waals surface area contributed by atoms with Crippen molar-refractivity contribution in [3.63, 3.8) is 0 Å². The summed E-state index contributed by atoms with van der Waals surface area (Å²) < 4.78 is 5.60. The highest BCUT2D eigenvalue weighted by atomic mass is 16.5. The van der Waals surface area contributed by atoms with E-state index in [1.54, 1.807) is 0 Å². The highest BCUT2D eigenvalue weighted by Gasteiger charge is 1.96. The van der Waals surface area contributed by atoms with Gasteiger partial charge >= 0.3 is 0 Å². The SMILES string of the molecule is [CH2]CCCOc1ccc(CCCCCC)cc1. The molecule has 0 heterocycles. The van der Waals surface area contributed by atoms with Crippen LogP contribution in [0.2, 0.25) is 0 Å². The van der Waals surface area contributed by atoms with Crippen LogP contribution in [-0.4, -0.2) is 6.61 Å². The monoisotopic (exact) mass is 233 g/mol. The Morgan fingerprint density at radius 1 is 1.00 bits per heavy atom. The van der Waals surface area contributed by atoms with Crippen LogP contribution in [0.1, 0.15) is 51.0 Å². The Morgan fingerprint density at radius 3 is 2.41 bits per heavy atom. The van der Waals surface area contributed by atoms with Gasteiger partial charge in [0.15, 0.2) is 0 Å². The number of hydrogen-bond acceptors (Lipinski definition) is 1. The van der Waals surface area contributed by atoms with Gasteiger partial charge in [-0.25, -0.2) is 0 Å². The fourth-order valence-corrected chi connectivity index (χ4v) is 1.80. The van der Waals surface area contributed by atoms with Gasteiger partial charge in [0.1, 0.15) is 5.75 Å². The fraction of sp³-hybridized carbons (Fsp3) is 0.562. The van der Waals surface area contributed by atoms with Gasteiger partial charge in [-0.15, -0.1) is 0 Å². The summed E-state index contributed by atoms with van der Waals surface area (Å²) in [6.07, 6.45) is 8.46. The molecule has 1 nitrogen and oxygen atoms in total. The van der Waals surface area contributed by atoms with Crippen molar-refractivity contribution in [1.29, 1.82) is 0 Å². The van der Waals surface area contributed by atoms with Gasteiger partial charge < -0.3 is 4.74 Å². The summed E-state index contributed by atoms with van der Waals surface area (Å²) in [6, 6.07) is 8.54. The average Bonchev–Trinajstić information content (AvgIpc) is 2.37. The van der Waals surface area contributed by atoms with Gasteiger partial charge in [-0.05, 0) is 37.0 Å². The molecule has 0 aliphatic carbocycles. The van der Waals surface area contributed by atoms with Gasteiger partial charge in [-0.2, -0.15) is 0 Å². The Balaban J connectivity index is 2.24. The summed E-state index contributed by atoms with van der Waals surface area (Å²) >= 11 is 0. The summed E-state index contributed by atoms with van der Waals surface area (Å²) in [7, 11) is 0. The molecule has 0 fully saturated rings. The van der Waals surface area contributed by atoms with Gasteiger partial charge in [-0.3, -0.25) is 0 Å². The van der Waals surface area contributed by atoms with E-state index in [0.717, 1.165) is 25.2 Å². The maximum atomic E-state index is 5.60. The minimum Gasteiger partial charge on any atom is -0.494 e. The van der Waals surface area contributed by atoms with E-state index in [9.17, 15) is 0 Å². The van der Waals surface area contributed by atoms with E-state index in [4.69, 9.17) is 4.74 Å². The van der Waals surface area contributed by atoms with Crippen LogP contribution < -0.4 is 4.74 Å². The van der Waals surface area contributed by atoms with Gasteiger partial charge in [0.05, 0.1) is 6.61 Å². The second-order valence-electron chi connectivity index (χ2n) is 4.51. The molecule has 0 atom stereocenters. The van der Waals surface area contributed by atoms with Crippen molar-refractivity contribution in [2.75, 3.05) is 6.61 Å². The number of aryl methyl sites for hydroxylation is 1. The maximum Gasteiger partial charge on any atom is 0.119 e. The van der Waals surface area contributed by atoms with Crippen molar-refractivity contribution in [3.05, 3.63) is 36.8 Å². The lowest BCUT2D eigenvalue weighted by atomic mass is 10.1. The van der Waals surface area contributed by atoms with Gasteiger partial charge in [0, 0.05) is 0 Å². The van der Waals surface area contributed by atoms with Crippen LogP contribution in [0.5, 0.6) is 5.75 Å². The van der Waals surface area contributed by atoms with E-state index >= 15 is 0 Å². The molecule has 0 saturated heterocycles. The van der Waals surface area contributed by atoms with Crippen LogP contribution in [-0.2, 0) is 6.42 Å². The van der Waals surface area contributed by atoms with Crippen LogP contribution >= 0.6 is 0 Å². The molecule has 0 bridgehead atoms. The smallest absolute Gasteiger partial charge is 0.119 e. The Kier molecular flexibility index (Phi) is 7.53. The van der Waals surface area contributed by atoms with Crippen LogP contribution in [0.25, 0.3) is 0 Å². The summed E-state index contributed by atoms with van der Waals surface area (Å²) in [5, 5.41) is 0. The maximum absolute atomic E-state index is 5.60. The Morgan fingerprint density at radius 2 is 1.76 bits per heavy atom. The third-order valence-corrected chi connectivity index (χ3v) is 2.91. The van der Waals surface area contributed by atoms with Crippen molar-refractivity contribution < 1.29 is 4.74 Å². The normalized spacial score (nSPS) is 10.5. The van der Waals surface area contributed by atoms with Crippen molar-refractivity contribution in [3.8, 4) is 5.75 Å². The molecule has 95 valence electrons. The molecule has 0 unspecified atom stereocenters. The van der Waals surface area contributed by atoms with Gasteiger partial charge in [0.2, 0.25) is 0 Å². The molecule has 0 spiro atoms. The van der Waals surface area contributed by atoms with Crippen LogP contribution in [0.3, 0.4) is 0 Å². The predicted molar refractivity (Wildman–Crippen MR) is 74.4 cm³/mol. The predicted octanol–water partition coefficient (Wildman–Crippen LogP) is 4.80. The minimum atomic E-state index is 0.777. The molecule has 17 heavy (non-hydrogen) atoms. The molecule has 0 aliphatic rings. The lowest BCUT2D eigenvalue weighted by Gasteiger charge is -2.06. The first-order chi connectivity index (χ1) is 8.36. The van der Waals surface area contributed by atoms with E-state index in [1.165, 1.54) is 37.7 Å². The molecule has 1 rings (SSSR count). The Bertz CT molecular complexity index is 276. The van der Waals surface area contributed by atoms with Crippen molar-refractivity contribution in [2.45, 2.75) is 51.9 Å².